The SMILES string of the molecule is CCCCC[C@H](O)c1ccc(N2C(=O)CC[C@@H]2CCCc2ccc(C(=O)OC[C@@H](O)[C@@H](O)CO)s2)cc1. The van der Waals surface area contributed by atoms with Crippen molar-refractivity contribution in [3.63, 3.8) is 0 Å². The standard InChI is InChI=1S/C28H39NO7S/c1-2-3-4-8-23(31)19-9-11-21(12-10-19)29-20(13-16-27(29)34)6-5-7-22-14-15-26(37-22)28(35)36-18-25(33)24(32)17-30/h9-12,14-15,20,23-25,30-33H,2-8,13,16-18H2,1H3/t20-,23-,24-,25+/m0/s1. The number of anilines is 1. The fourth-order valence-electron chi connectivity index (χ4n) is 4.58. The van der Waals surface area contributed by atoms with Crippen molar-refractivity contribution in [2.45, 2.75) is 89.1 Å². The Balaban J connectivity index is 1.49. The van der Waals surface area contributed by atoms with Crippen LogP contribution >= 0.6 is 11.3 Å². The highest BCUT2D eigenvalue weighted by Crippen LogP contribution is 2.31. The fraction of sp³-hybridized carbons (Fsp3) is 0.571. The molecular weight excluding hydrogens is 494 g/mol. The maximum Gasteiger partial charge on any atom is 0.348 e. The Morgan fingerprint density at radius 1 is 1.08 bits per heavy atom. The molecule has 4 atom stereocenters. The van der Waals surface area contributed by atoms with Crippen molar-refractivity contribution in [3.05, 3.63) is 51.7 Å². The van der Waals surface area contributed by atoms with E-state index in [2.05, 4.69) is 6.92 Å². The van der Waals surface area contributed by atoms with Gasteiger partial charge in [-0.05, 0) is 61.9 Å². The second kappa shape index (κ2) is 14.6. The number of carbonyl (C=O) groups is 2. The van der Waals surface area contributed by atoms with Gasteiger partial charge in [-0.25, -0.2) is 4.79 Å². The first kappa shape index (κ1) is 29.3. The van der Waals surface area contributed by atoms with Gasteiger partial charge in [0.2, 0.25) is 5.91 Å². The minimum Gasteiger partial charge on any atom is -0.459 e. The quantitative estimate of drug-likeness (QED) is 0.203. The van der Waals surface area contributed by atoms with Crippen molar-refractivity contribution in [1.29, 1.82) is 0 Å². The first-order chi connectivity index (χ1) is 17.8. The summed E-state index contributed by atoms with van der Waals surface area (Å²) in [5, 5.41) is 38.2. The molecule has 1 aliphatic heterocycles. The lowest BCUT2D eigenvalue weighted by molar-refractivity contribution is -0.117. The van der Waals surface area contributed by atoms with E-state index in [9.17, 15) is 24.9 Å². The van der Waals surface area contributed by atoms with Gasteiger partial charge >= 0.3 is 5.97 Å². The molecule has 1 aromatic carbocycles. The Morgan fingerprint density at radius 3 is 2.54 bits per heavy atom. The number of aryl methyl sites for hydroxylation is 1. The van der Waals surface area contributed by atoms with E-state index < -0.39 is 37.5 Å². The molecule has 1 fully saturated rings. The Kier molecular flexibility index (Phi) is 11.5. The molecule has 0 aliphatic carbocycles. The van der Waals surface area contributed by atoms with E-state index in [1.807, 2.05) is 35.2 Å². The zero-order valence-electron chi connectivity index (χ0n) is 21.4. The molecule has 0 saturated carbocycles. The van der Waals surface area contributed by atoms with Crippen LogP contribution in [0.25, 0.3) is 0 Å². The monoisotopic (exact) mass is 533 g/mol. The normalized spacial score (nSPS) is 18.1. The second-order valence-corrected chi connectivity index (χ2v) is 10.8. The van der Waals surface area contributed by atoms with Gasteiger partial charge in [-0.15, -0.1) is 11.3 Å². The number of rotatable bonds is 15. The number of benzene rings is 1. The van der Waals surface area contributed by atoms with Gasteiger partial charge in [-0.2, -0.15) is 0 Å². The van der Waals surface area contributed by atoms with Crippen LogP contribution < -0.4 is 4.90 Å². The van der Waals surface area contributed by atoms with Gasteiger partial charge in [0, 0.05) is 23.0 Å². The average Bonchev–Trinajstić information content (AvgIpc) is 3.53. The minimum absolute atomic E-state index is 0.121. The van der Waals surface area contributed by atoms with Crippen LogP contribution in [0.5, 0.6) is 0 Å². The van der Waals surface area contributed by atoms with Crippen molar-refractivity contribution < 1.29 is 34.8 Å². The summed E-state index contributed by atoms with van der Waals surface area (Å²) in [7, 11) is 0. The van der Waals surface area contributed by atoms with E-state index in [-0.39, 0.29) is 11.9 Å². The van der Waals surface area contributed by atoms with Crippen LogP contribution in [0, 0.1) is 0 Å². The van der Waals surface area contributed by atoms with E-state index in [1.54, 1.807) is 6.07 Å². The predicted octanol–water partition coefficient (Wildman–Crippen LogP) is 3.75. The van der Waals surface area contributed by atoms with Crippen LogP contribution in [-0.2, 0) is 16.0 Å². The molecule has 2 aromatic rings. The lowest BCUT2D eigenvalue weighted by Crippen LogP contribution is -2.34. The molecule has 8 nitrogen and oxygen atoms in total. The summed E-state index contributed by atoms with van der Waals surface area (Å²) >= 11 is 1.33. The lowest BCUT2D eigenvalue weighted by Gasteiger charge is -2.25. The van der Waals surface area contributed by atoms with Gasteiger partial charge in [0.05, 0.1) is 12.7 Å². The summed E-state index contributed by atoms with van der Waals surface area (Å²) in [4.78, 5) is 28.2. The number of carbonyl (C=O) groups excluding carboxylic acids is 2. The summed E-state index contributed by atoms with van der Waals surface area (Å²) in [6.07, 6.45) is 4.61. The van der Waals surface area contributed by atoms with E-state index in [1.165, 1.54) is 11.3 Å². The molecule has 37 heavy (non-hydrogen) atoms. The molecule has 0 unspecified atom stereocenters. The molecule has 1 aliphatic rings. The number of aliphatic hydroxyl groups is 4. The number of hydrogen-bond donors (Lipinski definition) is 4. The number of aliphatic hydroxyl groups excluding tert-OH is 4. The van der Waals surface area contributed by atoms with Gasteiger partial charge in [-0.3, -0.25) is 4.79 Å². The minimum atomic E-state index is -1.35. The number of unbranched alkanes of at least 4 members (excludes halogenated alkanes) is 2. The Labute approximate surface area is 222 Å². The number of ether oxygens (including phenoxy) is 1. The van der Waals surface area contributed by atoms with Crippen molar-refractivity contribution in [1.82, 2.24) is 0 Å². The first-order valence-electron chi connectivity index (χ1n) is 13.2. The largest absolute Gasteiger partial charge is 0.459 e. The summed E-state index contributed by atoms with van der Waals surface area (Å²) < 4.78 is 5.02. The van der Waals surface area contributed by atoms with Gasteiger partial charge in [0.25, 0.3) is 0 Å². The second-order valence-electron chi connectivity index (χ2n) is 9.63. The average molecular weight is 534 g/mol. The van der Waals surface area contributed by atoms with Gasteiger partial charge < -0.3 is 30.1 Å². The molecule has 1 aromatic heterocycles. The Hall–Kier alpha value is -2.30. The molecule has 2 heterocycles. The molecule has 1 amide bonds. The third-order valence-corrected chi connectivity index (χ3v) is 7.93. The summed E-state index contributed by atoms with van der Waals surface area (Å²) in [5.74, 6) is -0.456. The number of thiophene rings is 1. The highest BCUT2D eigenvalue weighted by atomic mass is 32.1. The predicted molar refractivity (Wildman–Crippen MR) is 143 cm³/mol. The number of esters is 1. The van der Waals surface area contributed by atoms with E-state index in [0.717, 1.165) is 67.5 Å². The third-order valence-electron chi connectivity index (χ3n) is 6.80. The Bertz CT molecular complexity index is 993. The van der Waals surface area contributed by atoms with Crippen LogP contribution in [0.3, 0.4) is 0 Å². The van der Waals surface area contributed by atoms with Crippen LogP contribution in [0.1, 0.15) is 84.5 Å². The Morgan fingerprint density at radius 2 is 1.84 bits per heavy atom. The van der Waals surface area contributed by atoms with Crippen molar-refractivity contribution >= 4 is 28.9 Å². The molecule has 0 bridgehead atoms. The molecule has 204 valence electrons. The van der Waals surface area contributed by atoms with Crippen molar-refractivity contribution in [2.24, 2.45) is 0 Å². The van der Waals surface area contributed by atoms with Gasteiger partial charge in [0.15, 0.2) is 0 Å². The third kappa shape index (κ3) is 8.35. The van der Waals surface area contributed by atoms with E-state index >= 15 is 0 Å². The number of nitrogens with zero attached hydrogens (tertiary/aromatic N) is 1. The zero-order valence-corrected chi connectivity index (χ0v) is 22.2. The number of amides is 1. The molecule has 0 radical (unpaired) electrons. The van der Waals surface area contributed by atoms with Crippen LogP contribution in [-0.4, -0.2) is 63.8 Å². The first-order valence-corrected chi connectivity index (χ1v) is 14.0. The van der Waals surface area contributed by atoms with Crippen molar-refractivity contribution in [3.8, 4) is 0 Å². The lowest BCUT2D eigenvalue weighted by atomic mass is 10.0. The van der Waals surface area contributed by atoms with Gasteiger partial charge in [0.1, 0.15) is 23.7 Å². The molecule has 4 N–H and O–H groups in total. The fourth-order valence-corrected chi connectivity index (χ4v) is 5.53. The molecule has 9 heteroatoms. The highest BCUT2D eigenvalue weighted by Gasteiger charge is 2.31. The summed E-state index contributed by atoms with van der Waals surface area (Å²) in [6.45, 7) is 1.14. The van der Waals surface area contributed by atoms with Gasteiger partial charge in [-0.1, -0.05) is 38.3 Å². The van der Waals surface area contributed by atoms with Crippen LogP contribution in [0.15, 0.2) is 36.4 Å². The van der Waals surface area contributed by atoms with Crippen molar-refractivity contribution in [2.75, 3.05) is 18.1 Å². The van der Waals surface area contributed by atoms with Crippen LogP contribution in [0.2, 0.25) is 0 Å². The molecule has 3 rings (SSSR count). The highest BCUT2D eigenvalue weighted by molar-refractivity contribution is 7.13. The maximum atomic E-state index is 12.6. The molecular formula is C28H39NO7S. The summed E-state index contributed by atoms with van der Waals surface area (Å²) in [5.41, 5.74) is 1.75. The van der Waals surface area contributed by atoms with E-state index in [4.69, 9.17) is 9.84 Å². The molecule has 1 saturated heterocycles. The van der Waals surface area contributed by atoms with Crippen LogP contribution in [0.4, 0.5) is 5.69 Å². The smallest absolute Gasteiger partial charge is 0.348 e. The molecule has 0 spiro atoms. The maximum absolute atomic E-state index is 12.6. The summed E-state index contributed by atoms with van der Waals surface area (Å²) in [6, 6.07) is 11.4. The number of hydrogen-bond acceptors (Lipinski definition) is 8. The topological polar surface area (TPSA) is 128 Å². The zero-order chi connectivity index (χ0) is 26.8. The van der Waals surface area contributed by atoms with E-state index in [0.29, 0.717) is 11.3 Å².